The zero-order valence-corrected chi connectivity index (χ0v) is 16.0. The molecule has 1 aliphatic heterocycles. The summed E-state index contributed by atoms with van der Waals surface area (Å²) in [7, 11) is -0.276. The molecule has 1 saturated heterocycles. The topological polar surface area (TPSA) is 70.8 Å². The molecule has 6 heteroatoms. The molecule has 2 bridgehead atoms. The summed E-state index contributed by atoms with van der Waals surface area (Å²) >= 11 is 0. The third kappa shape index (κ3) is 2.62. The van der Waals surface area contributed by atoms with Crippen LogP contribution in [0.4, 0.5) is 0 Å². The second-order valence-corrected chi connectivity index (χ2v) is 9.60. The summed E-state index contributed by atoms with van der Waals surface area (Å²) in [6, 6.07) is -0.633. The molecule has 5 nitrogen and oxygen atoms in total. The number of carbonyl (C=O) groups is 1. The third-order valence-corrected chi connectivity index (χ3v) is 6.57. The minimum Gasteiger partial charge on any atom is -0.459 e. The van der Waals surface area contributed by atoms with E-state index in [0.717, 1.165) is 18.8 Å². The van der Waals surface area contributed by atoms with E-state index in [9.17, 15) is 4.79 Å². The lowest BCUT2D eigenvalue weighted by atomic mass is 9.41. The molecule has 24 heavy (non-hydrogen) atoms. The molecule has 1 spiro atoms. The van der Waals surface area contributed by atoms with E-state index < -0.39 is 11.6 Å². The number of esters is 1. The molecule has 0 aromatic rings. The van der Waals surface area contributed by atoms with Gasteiger partial charge in [-0.2, -0.15) is 0 Å². The smallest absolute Gasteiger partial charge is 0.457 e. The maximum Gasteiger partial charge on any atom is 0.457 e. The molecule has 1 heterocycles. The van der Waals surface area contributed by atoms with Crippen molar-refractivity contribution in [3.8, 4) is 0 Å². The van der Waals surface area contributed by atoms with Gasteiger partial charge in [-0.05, 0) is 71.0 Å². The Kier molecular flexibility index (Phi) is 4.14. The molecule has 3 saturated carbocycles. The highest BCUT2D eigenvalue weighted by atomic mass is 16.7. The van der Waals surface area contributed by atoms with Gasteiger partial charge in [-0.1, -0.05) is 13.8 Å². The van der Waals surface area contributed by atoms with E-state index in [0.29, 0.717) is 12.7 Å². The first kappa shape index (κ1) is 18.2. The summed E-state index contributed by atoms with van der Waals surface area (Å²) in [6.45, 7) is 12.3. The van der Waals surface area contributed by atoms with Crippen LogP contribution in [0.15, 0.2) is 0 Å². The van der Waals surface area contributed by atoms with Gasteiger partial charge in [0.05, 0.1) is 11.2 Å². The highest BCUT2D eigenvalue weighted by molar-refractivity contribution is 6.45. The Balaban J connectivity index is 1.58. The van der Waals surface area contributed by atoms with Crippen molar-refractivity contribution in [2.45, 2.75) is 96.4 Å². The van der Waals surface area contributed by atoms with Crippen molar-refractivity contribution in [2.24, 2.45) is 17.1 Å². The molecule has 0 aromatic carbocycles. The summed E-state index contributed by atoms with van der Waals surface area (Å²) in [5, 5.41) is 0. The Morgan fingerprint density at radius 3 is 2.54 bits per heavy atom. The van der Waals surface area contributed by atoms with E-state index in [-0.39, 0.29) is 29.7 Å². The highest BCUT2D eigenvalue weighted by Crippen LogP contribution is 2.70. The molecule has 4 aliphatic rings. The fraction of sp³-hybridized carbons (Fsp3) is 0.944. The maximum atomic E-state index is 12.0. The Hall–Kier alpha value is -0.585. The van der Waals surface area contributed by atoms with E-state index >= 15 is 0 Å². The number of nitrogens with two attached hydrogens (primary N) is 1. The number of carbonyl (C=O) groups excluding carboxylic acids is 1. The quantitative estimate of drug-likeness (QED) is 0.631. The molecular formula is C18H32BNO4. The van der Waals surface area contributed by atoms with E-state index in [4.69, 9.17) is 19.8 Å². The van der Waals surface area contributed by atoms with Crippen molar-refractivity contribution in [2.75, 3.05) is 0 Å². The number of ether oxygens (including phenoxy) is 1. The van der Waals surface area contributed by atoms with Crippen LogP contribution in [0.2, 0.25) is 6.32 Å². The van der Waals surface area contributed by atoms with Crippen molar-refractivity contribution in [1.82, 2.24) is 0 Å². The maximum absolute atomic E-state index is 12.0. The van der Waals surface area contributed by atoms with Gasteiger partial charge in [-0.15, -0.1) is 0 Å². The summed E-state index contributed by atoms with van der Waals surface area (Å²) < 4.78 is 18.1. The van der Waals surface area contributed by atoms with Gasteiger partial charge in [0, 0.05) is 0 Å². The predicted molar refractivity (Wildman–Crippen MR) is 93.4 cm³/mol. The first-order chi connectivity index (χ1) is 10.9. The summed E-state index contributed by atoms with van der Waals surface area (Å²) in [5.74, 6) is 0.378. The Labute approximate surface area is 146 Å². The SMILES string of the molecule is CC(C)(C)OC(=O)[C@@H](N)CCB1O[C@]23C[C@H](CC[C@]2(C)O1)C3(C)C. The van der Waals surface area contributed by atoms with Gasteiger partial charge < -0.3 is 19.8 Å². The van der Waals surface area contributed by atoms with Gasteiger partial charge in [0.2, 0.25) is 0 Å². The first-order valence-corrected chi connectivity index (χ1v) is 9.24. The number of hydrogen-bond acceptors (Lipinski definition) is 5. The molecule has 0 unspecified atom stereocenters. The minimum atomic E-state index is -0.633. The minimum absolute atomic E-state index is 0.155. The molecule has 0 amide bonds. The monoisotopic (exact) mass is 337 g/mol. The van der Waals surface area contributed by atoms with Crippen LogP contribution in [-0.4, -0.2) is 35.9 Å². The van der Waals surface area contributed by atoms with Gasteiger partial charge in [0.25, 0.3) is 0 Å². The van der Waals surface area contributed by atoms with Crippen LogP contribution < -0.4 is 5.73 Å². The van der Waals surface area contributed by atoms with Crippen LogP contribution in [-0.2, 0) is 18.8 Å². The normalized spacial score (nSPS) is 38.3. The van der Waals surface area contributed by atoms with Crippen LogP contribution >= 0.6 is 0 Å². The van der Waals surface area contributed by atoms with Crippen molar-refractivity contribution >= 4 is 13.1 Å². The van der Waals surface area contributed by atoms with Gasteiger partial charge in [-0.3, -0.25) is 4.79 Å². The molecule has 2 N–H and O–H groups in total. The van der Waals surface area contributed by atoms with Gasteiger partial charge in [-0.25, -0.2) is 0 Å². The molecule has 4 atom stereocenters. The highest BCUT2D eigenvalue weighted by Gasteiger charge is 2.75. The second kappa shape index (κ2) is 5.45. The fourth-order valence-corrected chi connectivity index (χ4v) is 5.02. The summed E-state index contributed by atoms with van der Waals surface area (Å²) in [4.78, 5) is 12.0. The van der Waals surface area contributed by atoms with Gasteiger partial charge in [0.15, 0.2) is 0 Å². The molecule has 3 aliphatic carbocycles. The average molecular weight is 337 g/mol. The largest absolute Gasteiger partial charge is 0.459 e. The van der Waals surface area contributed by atoms with E-state index in [1.807, 2.05) is 20.8 Å². The second-order valence-electron chi connectivity index (χ2n) is 9.60. The average Bonchev–Trinajstić information content (AvgIpc) is 2.77. The van der Waals surface area contributed by atoms with Crippen LogP contribution in [0.1, 0.15) is 67.2 Å². The van der Waals surface area contributed by atoms with Crippen LogP contribution in [0.5, 0.6) is 0 Å². The first-order valence-electron chi connectivity index (χ1n) is 9.24. The molecular weight excluding hydrogens is 305 g/mol. The number of hydrogen-bond donors (Lipinski definition) is 1. The van der Waals surface area contributed by atoms with Gasteiger partial charge in [0.1, 0.15) is 11.6 Å². The van der Waals surface area contributed by atoms with Crippen molar-refractivity contribution in [1.29, 1.82) is 0 Å². The summed E-state index contributed by atoms with van der Waals surface area (Å²) in [5.41, 5.74) is 5.24. The lowest BCUT2D eigenvalue weighted by Gasteiger charge is -2.69. The van der Waals surface area contributed by atoms with E-state index in [1.165, 1.54) is 6.42 Å². The number of rotatable bonds is 4. The predicted octanol–water partition coefficient (Wildman–Crippen LogP) is 2.92. The number of fused-ring (bicyclic) bond motifs is 1. The van der Waals surface area contributed by atoms with Crippen LogP contribution in [0.25, 0.3) is 0 Å². The van der Waals surface area contributed by atoms with Crippen molar-refractivity contribution in [3.63, 3.8) is 0 Å². The standard InChI is InChI=1S/C18H32BNO4/c1-15(2,3)22-14(21)13(20)8-10-19-23-17(6)9-7-12-11-18(17,24-19)16(12,4)5/h12-13H,7-11,20H2,1-6H3/t12-,13-,17-,18-/m0/s1. The lowest BCUT2D eigenvalue weighted by molar-refractivity contribution is -0.257. The lowest BCUT2D eigenvalue weighted by Crippen LogP contribution is -2.73. The van der Waals surface area contributed by atoms with Gasteiger partial charge >= 0.3 is 13.1 Å². The molecule has 4 rings (SSSR count). The Morgan fingerprint density at radius 2 is 2.00 bits per heavy atom. The zero-order chi connectivity index (χ0) is 18.0. The fourth-order valence-electron chi connectivity index (χ4n) is 5.02. The van der Waals surface area contributed by atoms with E-state index in [1.54, 1.807) is 0 Å². The third-order valence-electron chi connectivity index (χ3n) is 6.57. The molecule has 136 valence electrons. The molecule has 4 fully saturated rings. The zero-order valence-electron chi connectivity index (χ0n) is 16.0. The summed E-state index contributed by atoms with van der Waals surface area (Å²) in [6.07, 6.45) is 4.48. The van der Waals surface area contributed by atoms with Crippen molar-refractivity contribution < 1.29 is 18.8 Å². The Morgan fingerprint density at radius 1 is 1.33 bits per heavy atom. The Bertz CT molecular complexity index is 532. The van der Waals surface area contributed by atoms with Crippen LogP contribution in [0.3, 0.4) is 0 Å². The van der Waals surface area contributed by atoms with Crippen molar-refractivity contribution in [3.05, 3.63) is 0 Å². The molecule has 0 radical (unpaired) electrons. The molecule has 0 aromatic heterocycles. The van der Waals surface area contributed by atoms with E-state index in [2.05, 4.69) is 20.8 Å². The van der Waals surface area contributed by atoms with Crippen LogP contribution in [0, 0.1) is 11.3 Å².